The number of rotatable bonds is 5. The maximum absolute atomic E-state index is 12.4. The van der Waals surface area contributed by atoms with E-state index in [1.165, 1.54) is 10.9 Å². The molecule has 1 aliphatic rings. The summed E-state index contributed by atoms with van der Waals surface area (Å²) in [5, 5.41) is 19.2. The lowest BCUT2D eigenvalue weighted by molar-refractivity contribution is -0.115. The molecule has 9 nitrogen and oxygen atoms in total. The van der Waals surface area contributed by atoms with Crippen molar-refractivity contribution in [3.05, 3.63) is 53.9 Å². The normalized spacial score (nSPS) is 13.2. The van der Waals surface area contributed by atoms with Gasteiger partial charge in [0, 0.05) is 24.8 Å². The van der Waals surface area contributed by atoms with Crippen molar-refractivity contribution < 1.29 is 14.7 Å². The monoisotopic (exact) mass is 366 g/mol. The van der Waals surface area contributed by atoms with Crippen LogP contribution < -0.4 is 5.32 Å². The topological polar surface area (TPSA) is 115 Å². The highest BCUT2D eigenvalue weighted by atomic mass is 16.4. The number of aromatic carboxylic acids is 1. The van der Waals surface area contributed by atoms with E-state index in [0.29, 0.717) is 11.4 Å². The summed E-state index contributed by atoms with van der Waals surface area (Å²) < 4.78 is 3.47. The van der Waals surface area contributed by atoms with Crippen molar-refractivity contribution in [1.82, 2.24) is 24.5 Å². The molecule has 0 spiro atoms. The molecule has 2 aromatic heterocycles. The Morgan fingerprint density at radius 3 is 2.89 bits per heavy atom. The van der Waals surface area contributed by atoms with Crippen molar-refractivity contribution >= 4 is 17.6 Å². The fourth-order valence-corrected chi connectivity index (χ4v) is 3.14. The van der Waals surface area contributed by atoms with Crippen LogP contribution in [-0.4, -0.2) is 41.5 Å². The second kappa shape index (κ2) is 7.02. The van der Waals surface area contributed by atoms with Gasteiger partial charge >= 0.3 is 5.97 Å². The number of nitrogens with zero attached hydrogens (tertiary/aromatic N) is 5. The van der Waals surface area contributed by atoms with Gasteiger partial charge < -0.3 is 15.0 Å². The fourth-order valence-electron chi connectivity index (χ4n) is 3.14. The zero-order valence-electron chi connectivity index (χ0n) is 14.5. The van der Waals surface area contributed by atoms with Gasteiger partial charge in [-0.05, 0) is 31.0 Å². The van der Waals surface area contributed by atoms with Crippen LogP contribution in [0.25, 0.3) is 5.69 Å². The van der Waals surface area contributed by atoms with Crippen molar-refractivity contribution in [3.8, 4) is 5.69 Å². The molecule has 3 aromatic rings. The number of amides is 1. The standard InChI is InChI=1S/C18H18N6O3/c25-17(9-13-10-23-7-2-1-6-16(23)19-13)20-12-4-3-5-14(8-12)24-11-15(18(26)27)21-22-24/h3-5,8,10-11H,1-2,6-7,9H2,(H,20,25)(H,26,27). The minimum atomic E-state index is -1.14. The molecule has 9 heteroatoms. The highest BCUT2D eigenvalue weighted by Gasteiger charge is 2.15. The molecule has 27 heavy (non-hydrogen) atoms. The molecular formula is C18H18N6O3. The highest BCUT2D eigenvalue weighted by molar-refractivity contribution is 5.92. The number of hydrogen-bond donors (Lipinski definition) is 2. The molecule has 1 amide bonds. The molecule has 2 N–H and O–H groups in total. The van der Waals surface area contributed by atoms with Gasteiger partial charge in [0.25, 0.3) is 0 Å². The molecule has 0 saturated carbocycles. The number of carboxylic acid groups (broad SMARTS) is 1. The maximum atomic E-state index is 12.4. The van der Waals surface area contributed by atoms with Crippen molar-refractivity contribution in [2.24, 2.45) is 0 Å². The molecule has 3 heterocycles. The van der Waals surface area contributed by atoms with Gasteiger partial charge in [0.15, 0.2) is 5.69 Å². The number of hydrogen-bond acceptors (Lipinski definition) is 5. The first-order valence-corrected chi connectivity index (χ1v) is 8.69. The molecule has 0 aliphatic carbocycles. The average Bonchev–Trinajstić information content (AvgIpc) is 3.28. The summed E-state index contributed by atoms with van der Waals surface area (Å²) in [6, 6.07) is 6.97. The average molecular weight is 366 g/mol. The van der Waals surface area contributed by atoms with Gasteiger partial charge in [0.2, 0.25) is 5.91 Å². The number of aryl methyl sites for hydroxylation is 2. The Balaban J connectivity index is 1.45. The third-order valence-electron chi connectivity index (χ3n) is 4.41. The van der Waals surface area contributed by atoms with E-state index in [2.05, 4.69) is 25.2 Å². The number of imidazole rings is 1. The molecule has 4 rings (SSSR count). The minimum absolute atomic E-state index is 0.145. The molecule has 0 unspecified atom stereocenters. The number of nitrogens with one attached hydrogen (secondary N) is 1. The smallest absolute Gasteiger partial charge is 0.358 e. The Bertz CT molecular complexity index is 983. The van der Waals surface area contributed by atoms with E-state index in [0.717, 1.165) is 37.3 Å². The van der Waals surface area contributed by atoms with Crippen molar-refractivity contribution in [2.75, 3.05) is 5.32 Å². The fraction of sp³-hybridized carbons (Fsp3) is 0.278. The van der Waals surface area contributed by atoms with Gasteiger partial charge in [0.1, 0.15) is 5.82 Å². The Hall–Kier alpha value is -3.49. The lowest BCUT2D eigenvalue weighted by Crippen LogP contribution is -2.15. The summed E-state index contributed by atoms with van der Waals surface area (Å²) in [4.78, 5) is 27.8. The Morgan fingerprint density at radius 2 is 2.11 bits per heavy atom. The van der Waals surface area contributed by atoms with E-state index in [1.54, 1.807) is 24.3 Å². The predicted octanol–water partition coefficient (Wildman–Crippen LogP) is 1.68. The van der Waals surface area contributed by atoms with Gasteiger partial charge in [-0.15, -0.1) is 5.10 Å². The number of benzene rings is 1. The zero-order chi connectivity index (χ0) is 18.8. The lowest BCUT2D eigenvalue weighted by Gasteiger charge is -2.11. The summed E-state index contributed by atoms with van der Waals surface area (Å²) >= 11 is 0. The largest absolute Gasteiger partial charge is 0.476 e. The first kappa shape index (κ1) is 17.0. The lowest BCUT2D eigenvalue weighted by atomic mass is 10.2. The number of carboxylic acids is 1. The highest BCUT2D eigenvalue weighted by Crippen LogP contribution is 2.17. The van der Waals surface area contributed by atoms with Crippen LogP contribution in [0.15, 0.2) is 36.7 Å². The summed E-state index contributed by atoms with van der Waals surface area (Å²) in [6.07, 6.45) is 6.72. The SMILES string of the molecule is O=C(Cc1cn2c(n1)CCCC2)Nc1cccc(-n2cc(C(=O)O)nn2)c1. The number of carbonyl (C=O) groups excluding carboxylic acids is 1. The quantitative estimate of drug-likeness (QED) is 0.710. The predicted molar refractivity (Wildman–Crippen MR) is 95.8 cm³/mol. The van der Waals surface area contributed by atoms with Crippen LogP contribution in [0.4, 0.5) is 5.69 Å². The molecule has 138 valence electrons. The van der Waals surface area contributed by atoms with Crippen LogP contribution >= 0.6 is 0 Å². The Morgan fingerprint density at radius 1 is 1.22 bits per heavy atom. The Kier molecular flexibility index (Phi) is 4.41. The van der Waals surface area contributed by atoms with Gasteiger partial charge in [-0.2, -0.15) is 0 Å². The second-order valence-electron chi connectivity index (χ2n) is 6.43. The van der Waals surface area contributed by atoms with Crippen molar-refractivity contribution in [1.29, 1.82) is 0 Å². The zero-order valence-corrected chi connectivity index (χ0v) is 14.5. The van der Waals surface area contributed by atoms with E-state index >= 15 is 0 Å². The Labute approximate surface area is 154 Å². The molecule has 1 aromatic carbocycles. The first-order chi connectivity index (χ1) is 13.1. The van der Waals surface area contributed by atoms with E-state index in [1.807, 2.05) is 6.20 Å². The van der Waals surface area contributed by atoms with Crippen LogP contribution in [0.1, 0.15) is 34.8 Å². The van der Waals surface area contributed by atoms with Gasteiger partial charge in [0.05, 0.1) is 24.0 Å². The first-order valence-electron chi connectivity index (χ1n) is 8.69. The second-order valence-corrected chi connectivity index (χ2v) is 6.43. The van der Waals surface area contributed by atoms with Gasteiger partial charge in [-0.25, -0.2) is 14.5 Å². The molecule has 0 atom stereocenters. The van der Waals surface area contributed by atoms with E-state index in [9.17, 15) is 9.59 Å². The molecule has 0 saturated heterocycles. The van der Waals surface area contributed by atoms with E-state index < -0.39 is 5.97 Å². The van der Waals surface area contributed by atoms with Crippen LogP contribution in [0.3, 0.4) is 0 Å². The molecule has 0 fully saturated rings. The van der Waals surface area contributed by atoms with Gasteiger partial charge in [-0.1, -0.05) is 11.3 Å². The number of carbonyl (C=O) groups is 2. The maximum Gasteiger partial charge on any atom is 0.358 e. The van der Waals surface area contributed by atoms with Gasteiger partial charge in [-0.3, -0.25) is 4.79 Å². The third kappa shape index (κ3) is 3.71. The van der Waals surface area contributed by atoms with E-state index in [-0.39, 0.29) is 18.0 Å². The van der Waals surface area contributed by atoms with Crippen LogP contribution in [-0.2, 0) is 24.2 Å². The van der Waals surface area contributed by atoms with Crippen molar-refractivity contribution in [3.63, 3.8) is 0 Å². The van der Waals surface area contributed by atoms with Crippen LogP contribution in [0.2, 0.25) is 0 Å². The van der Waals surface area contributed by atoms with Crippen LogP contribution in [0.5, 0.6) is 0 Å². The van der Waals surface area contributed by atoms with Crippen molar-refractivity contribution in [2.45, 2.75) is 32.2 Å². The van der Waals surface area contributed by atoms with E-state index in [4.69, 9.17) is 5.11 Å². The molecule has 0 radical (unpaired) electrons. The summed E-state index contributed by atoms with van der Waals surface area (Å²) in [5.74, 6) is -0.257. The molecule has 1 aliphatic heterocycles. The molecular weight excluding hydrogens is 348 g/mol. The summed E-state index contributed by atoms with van der Waals surface area (Å²) in [6.45, 7) is 0.961. The minimum Gasteiger partial charge on any atom is -0.476 e. The third-order valence-corrected chi connectivity index (χ3v) is 4.41. The summed E-state index contributed by atoms with van der Waals surface area (Å²) in [7, 11) is 0. The summed E-state index contributed by atoms with van der Waals surface area (Å²) in [5.41, 5.74) is 1.82. The number of anilines is 1. The molecule has 0 bridgehead atoms. The number of aromatic nitrogens is 5. The van der Waals surface area contributed by atoms with Crippen LogP contribution in [0, 0.1) is 0 Å². The number of fused-ring (bicyclic) bond motifs is 1.